The van der Waals surface area contributed by atoms with Gasteiger partial charge in [0.1, 0.15) is 0 Å². The van der Waals surface area contributed by atoms with Crippen LogP contribution in [0.25, 0.3) is 0 Å². The fourth-order valence-corrected chi connectivity index (χ4v) is 3.94. The maximum absolute atomic E-state index is 12.3. The number of nitrogens with zero attached hydrogens (tertiary/aromatic N) is 3. The molecule has 1 aliphatic rings. The van der Waals surface area contributed by atoms with Crippen LogP contribution in [-0.4, -0.2) is 73.9 Å². The summed E-state index contributed by atoms with van der Waals surface area (Å²) in [6.07, 6.45) is 1.23. The lowest BCUT2D eigenvalue weighted by Gasteiger charge is -2.35. The molecule has 1 aromatic carbocycles. The van der Waals surface area contributed by atoms with E-state index in [4.69, 9.17) is 0 Å². The number of hydrogen-bond donors (Lipinski definition) is 0. The van der Waals surface area contributed by atoms with Crippen molar-refractivity contribution >= 4 is 21.9 Å². The topological polar surface area (TPSA) is 78.0 Å². The van der Waals surface area contributed by atoms with Crippen LogP contribution in [0.5, 0.6) is 0 Å². The molecule has 1 amide bonds. The van der Waals surface area contributed by atoms with Crippen molar-refractivity contribution in [3.8, 4) is 0 Å². The van der Waals surface area contributed by atoms with Gasteiger partial charge < -0.3 is 4.90 Å². The Morgan fingerprint density at radius 2 is 1.58 bits per heavy atom. The molecular weight excluding hydrogens is 354 g/mol. The van der Waals surface area contributed by atoms with E-state index in [0.29, 0.717) is 18.7 Å². The Morgan fingerprint density at radius 1 is 1.00 bits per heavy atom. The Morgan fingerprint density at radius 3 is 2.08 bits per heavy atom. The lowest BCUT2D eigenvalue weighted by molar-refractivity contribution is -0.132. The molecule has 0 bridgehead atoms. The average molecular weight is 381 g/mol. The second kappa shape index (κ2) is 8.75. The molecule has 0 unspecified atom stereocenters. The zero-order valence-corrected chi connectivity index (χ0v) is 16.5. The van der Waals surface area contributed by atoms with Gasteiger partial charge in [-0.05, 0) is 12.0 Å². The fraction of sp³-hybridized carbons (Fsp3) is 0.556. The molecular formula is C18H27N3O4S. The highest BCUT2D eigenvalue weighted by molar-refractivity contribution is 7.86. The molecule has 0 atom stereocenters. The largest absolute Gasteiger partial charge is 0.340 e. The van der Waals surface area contributed by atoms with Crippen LogP contribution >= 0.6 is 0 Å². The maximum atomic E-state index is 12.3. The lowest BCUT2D eigenvalue weighted by atomic mass is 10.0. The van der Waals surface area contributed by atoms with Crippen molar-refractivity contribution in [2.45, 2.75) is 26.2 Å². The minimum Gasteiger partial charge on any atom is -0.340 e. The molecule has 8 heteroatoms. The van der Waals surface area contributed by atoms with Crippen molar-refractivity contribution < 1.29 is 18.0 Å². The third-order valence-electron chi connectivity index (χ3n) is 4.63. The minimum atomic E-state index is -3.44. The number of amides is 1. The maximum Gasteiger partial charge on any atom is 0.281 e. The average Bonchev–Trinajstić information content (AvgIpc) is 2.65. The van der Waals surface area contributed by atoms with Crippen molar-refractivity contribution in [3.63, 3.8) is 0 Å². The first kappa shape index (κ1) is 20.5. The molecule has 1 aliphatic heterocycles. The standard InChI is InChI=1S/C18H27N3O4S/c1-4-15-5-7-16(8-6-15)17(22)9-10-18(23)20-11-13-21(14-12-20)26(24,25)19(2)3/h5-8H,4,9-14H2,1-3H3. The second-order valence-corrected chi connectivity index (χ2v) is 8.69. The summed E-state index contributed by atoms with van der Waals surface area (Å²) >= 11 is 0. The van der Waals surface area contributed by atoms with Crippen LogP contribution < -0.4 is 0 Å². The van der Waals surface area contributed by atoms with Gasteiger partial charge in [0.25, 0.3) is 10.2 Å². The predicted molar refractivity (Wildman–Crippen MR) is 100 cm³/mol. The van der Waals surface area contributed by atoms with E-state index in [0.717, 1.165) is 6.42 Å². The number of Topliss-reactive ketones (excluding diaryl/α,β-unsaturated/α-hetero) is 1. The van der Waals surface area contributed by atoms with E-state index < -0.39 is 10.2 Å². The number of carbonyl (C=O) groups is 2. The Balaban J connectivity index is 1.82. The van der Waals surface area contributed by atoms with Gasteiger partial charge in [0.05, 0.1) is 0 Å². The van der Waals surface area contributed by atoms with Gasteiger partial charge in [0.2, 0.25) is 5.91 Å². The number of aryl methyl sites for hydroxylation is 1. The van der Waals surface area contributed by atoms with E-state index >= 15 is 0 Å². The van der Waals surface area contributed by atoms with Crippen LogP contribution in [0, 0.1) is 0 Å². The predicted octanol–water partition coefficient (Wildman–Crippen LogP) is 1.16. The first-order chi connectivity index (χ1) is 12.3. The fourth-order valence-electron chi connectivity index (χ4n) is 2.85. The van der Waals surface area contributed by atoms with Gasteiger partial charge in [-0.15, -0.1) is 0 Å². The van der Waals surface area contributed by atoms with Crippen LogP contribution in [0.1, 0.15) is 35.7 Å². The number of piperazine rings is 1. The van der Waals surface area contributed by atoms with E-state index in [-0.39, 0.29) is 37.6 Å². The van der Waals surface area contributed by atoms with Gasteiger partial charge in [0, 0.05) is 58.7 Å². The van der Waals surface area contributed by atoms with Gasteiger partial charge in [-0.2, -0.15) is 17.0 Å². The van der Waals surface area contributed by atoms with Crippen molar-refractivity contribution in [3.05, 3.63) is 35.4 Å². The van der Waals surface area contributed by atoms with Gasteiger partial charge in [0.15, 0.2) is 5.78 Å². The first-order valence-electron chi connectivity index (χ1n) is 8.83. The molecule has 0 aliphatic carbocycles. The molecule has 1 heterocycles. The number of benzene rings is 1. The third kappa shape index (κ3) is 4.90. The summed E-state index contributed by atoms with van der Waals surface area (Å²) in [7, 11) is -0.459. The van der Waals surface area contributed by atoms with E-state index in [9.17, 15) is 18.0 Å². The first-order valence-corrected chi connectivity index (χ1v) is 10.2. The summed E-state index contributed by atoms with van der Waals surface area (Å²) in [6.45, 7) is 3.31. The Kier molecular flexibility index (Phi) is 6.91. The monoisotopic (exact) mass is 381 g/mol. The highest BCUT2D eigenvalue weighted by Crippen LogP contribution is 2.13. The SMILES string of the molecule is CCc1ccc(C(=O)CCC(=O)N2CCN(S(=O)(=O)N(C)C)CC2)cc1. The summed E-state index contributed by atoms with van der Waals surface area (Å²) in [5, 5.41) is 0. The summed E-state index contributed by atoms with van der Waals surface area (Å²) < 4.78 is 26.7. The van der Waals surface area contributed by atoms with Gasteiger partial charge in [-0.1, -0.05) is 31.2 Å². The van der Waals surface area contributed by atoms with Crippen LogP contribution in [-0.2, 0) is 21.4 Å². The van der Waals surface area contributed by atoms with E-state index in [1.165, 1.54) is 28.3 Å². The second-order valence-electron chi connectivity index (χ2n) is 6.54. The van der Waals surface area contributed by atoms with Crippen molar-refractivity contribution in [1.29, 1.82) is 0 Å². The van der Waals surface area contributed by atoms with Gasteiger partial charge >= 0.3 is 0 Å². The third-order valence-corrected chi connectivity index (χ3v) is 6.57. The normalized spacial score (nSPS) is 16.1. The molecule has 2 rings (SSSR count). The lowest BCUT2D eigenvalue weighted by Crippen LogP contribution is -2.53. The molecule has 26 heavy (non-hydrogen) atoms. The Hall–Kier alpha value is -1.77. The van der Waals surface area contributed by atoms with Gasteiger partial charge in [-0.3, -0.25) is 9.59 Å². The number of hydrogen-bond acceptors (Lipinski definition) is 4. The van der Waals surface area contributed by atoms with Crippen LogP contribution in [0.2, 0.25) is 0 Å². The summed E-state index contributed by atoms with van der Waals surface area (Å²) in [4.78, 5) is 26.2. The number of carbonyl (C=O) groups excluding carboxylic acids is 2. The summed E-state index contributed by atoms with van der Waals surface area (Å²) in [6, 6.07) is 7.46. The van der Waals surface area contributed by atoms with E-state index in [1.54, 1.807) is 17.0 Å². The van der Waals surface area contributed by atoms with Crippen molar-refractivity contribution in [2.75, 3.05) is 40.3 Å². The van der Waals surface area contributed by atoms with E-state index in [1.807, 2.05) is 12.1 Å². The van der Waals surface area contributed by atoms with Gasteiger partial charge in [-0.25, -0.2) is 0 Å². The highest BCUT2D eigenvalue weighted by Gasteiger charge is 2.30. The van der Waals surface area contributed by atoms with Crippen LogP contribution in [0.4, 0.5) is 0 Å². The molecule has 0 N–H and O–H groups in total. The number of rotatable bonds is 7. The Bertz CT molecular complexity index is 736. The molecule has 7 nitrogen and oxygen atoms in total. The molecule has 0 saturated carbocycles. The van der Waals surface area contributed by atoms with Crippen molar-refractivity contribution in [1.82, 2.24) is 13.5 Å². The number of ketones is 1. The molecule has 0 aromatic heterocycles. The quantitative estimate of drug-likeness (QED) is 0.664. The molecule has 144 valence electrons. The van der Waals surface area contributed by atoms with E-state index in [2.05, 4.69) is 6.92 Å². The molecule has 0 radical (unpaired) electrons. The molecule has 1 aromatic rings. The highest BCUT2D eigenvalue weighted by atomic mass is 32.2. The van der Waals surface area contributed by atoms with Crippen LogP contribution in [0.15, 0.2) is 24.3 Å². The Labute approximate surface area is 155 Å². The zero-order chi connectivity index (χ0) is 19.3. The zero-order valence-electron chi connectivity index (χ0n) is 15.6. The molecule has 0 spiro atoms. The van der Waals surface area contributed by atoms with Crippen molar-refractivity contribution in [2.24, 2.45) is 0 Å². The smallest absolute Gasteiger partial charge is 0.281 e. The summed E-state index contributed by atoms with van der Waals surface area (Å²) in [5.74, 6) is -0.153. The minimum absolute atomic E-state index is 0.0465. The molecule has 1 fully saturated rings. The van der Waals surface area contributed by atoms with Crippen LogP contribution in [0.3, 0.4) is 0 Å². The molecule has 1 saturated heterocycles. The summed E-state index contributed by atoms with van der Waals surface area (Å²) in [5.41, 5.74) is 1.79.